The zero-order valence-electron chi connectivity index (χ0n) is 14.9. The third-order valence-corrected chi connectivity index (χ3v) is 4.61. The van der Waals surface area contributed by atoms with Crippen LogP contribution in [0, 0.1) is 0 Å². The van der Waals surface area contributed by atoms with E-state index in [1.165, 1.54) is 6.33 Å². The van der Waals surface area contributed by atoms with E-state index < -0.39 is 0 Å². The van der Waals surface area contributed by atoms with Crippen LogP contribution in [0.3, 0.4) is 0 Å². The SMILES string of the molecule is CCc1ncc2c(=O)[nH]c3c(N(C)CCN4C=CC=CC4)ncnc3n12. The molecule has 0 aromatic carbocycles. The Balaban J connectivity index is 1.73. The molecule has 0 saturated heterocycles. The van der Waals surface area contributed by atoms with Gasteiger partial charge in [0.25, 0.3) is 5.56 Å². The molecule has 0 bridgehead atoms. The summed E-state index contributed by atoms with van der Waals surface area (Å²) in [4.78, 5) is 32.9. The molecule has 4 heterocycles. The largest absolute Gasteiger partial charge is 0.372 e. The van der Waals surface area contributed by atoms with Gasteiger partial charge in [-0.3, -0.25) is 9.20 Å². The molecule has 1 N–H and O–H groups in total. The van der Waals surface area contributed by atoms with Gasteiger partial charge >= 0.3 is 0 Å². The first-order chi connectivity index (χ1) is 12.7. The number of rotatable bonds is 5. The van der Waals surface area contributed by atoms with E-state index in [4.69, 9.17) is 0 Å². The van der Waals surface area contributed by atoms with Crippen LogP contribution in [0.15, 0.2) is 41.7 Å². The number of nitrogens with one attached hydrogen (secondary N) is 1. The lowest BCUT2D eigenvalue weighted by Gasteiger charge is -2.25. The van der Waals surface area contributed by atoms with Crippen LogP contribution in [0.1, 0.15) is 12.7 Å². The first-order valence-corrected chi connectivity index (χ1v) is 8.71. The molecule has 26 heavy (non-hydrogen) atoms. The molecule has 1 aliphatic heterocycles. The number of anilines is 1. The maximum atomic E-state index is 12.5. The highest BCUT2D eigenvalue weighted by Gasteiger charge is 2.16. The van der Waals surface area contributed by atoms with Crippen LogP contribution < -0.4 is 10.5 Å². The average molecular weight is 351 g/mol. The van der Waals surface area contributed by atoms with Gasteiger partial charge in [0.05, 0.1) is 6.20 Å². The minimum atomic E-state index is -0.182. The summed E-state index contributed by atoms with van der Waals surface area (Å²) < 4.78 is 1.82. The van der Waals surface area contributed by atoms with E-state index in [9.17, 15) is 4.79 Å². The highest BCUT2D eigenvalue weighted by molar-refractivity contribution is 5.84. The third kappa shape index (κ3) is 2.73. The molecule has 3 aromatic heterocycles. The summed E-state index contributed by atoms with van der Waals surface area (Å²) in [6.07, 6.45) is 12.1. The number of nitrogens with zero attached hydrogens (tertiary/aromatic N) is 6. The number of aromatic amines is 1. The van der Waals surface area contributed by atoms with Crippen molar-refractivity contribution < 1.29 is 0 Å². The second-order valence-electron chi connectivity index (χ2n) is 6.28. The number of allylic oxidation sites excluding steroid dienone is 2. The Morgan fingerprint density at radius 3 is 2.92 bits per heavy atom. The number of aromatic nitrogens is 5. The van der Waals surface area contributed by atoms with Crippen molar-refractivity contribution in [2.24, 2.45) is 0 Å². The lowest BCUT2D eigenvalue weighted by atomic mass is 10.3. The molecule has 0 spiro atoms. The smallest absolute Gasteiger partial charge is 0.274 e. The fraction of sp³-hybridized carbons (Fsp3) is 0.333. The van der Waals surface area contributed by atoms with E-state index in [-0.39, 0.29) is 5.56 Å². The standard InChI is InChI=1S/C18H21N7O/c1-3-14-19-11-13-18(26)22-15-16(20-12-21-17(15)25(13)14)23(2)9-10-24-7-5-4-6-8-24/h4-7,11-12H,3,8-10H2,1-2H3,(H,22,26). The highest BCUT2D eigenvalue weighted by Crippen LogP contribution is 2.20. The van der Waals surface area contributed by atoms with Crippen LogP contribution >= 0.6 is 0 Å². The number of imidazole rings is 1. The van der Waals surface area contributed by atoms with Gasteiger partial charge in [0.1, 0.15) is 23.2 Å². The summed E-state index contributed by atoms with van der Waals surface area (Å²) >= 11 is 0. The van der Waals surface area contributed by atoms with Crippen molar-refractivity contribution >= 4 is 22.5 Å². The third-order valence-electron chi connectivity index (χ3n) is 4.61. The van der Waals surface area contributed by atoms with Crippen molar-refractivity contribution in [1.29, 1.82) is 0 Å². The van der Waals surface area contributed by atoms with Gasteiger partial charge in [0.15, 0.2) is 11.5 Å². The van der Waals surface area contributed by atoms with Crippen molar-refractivity contribution in [2.75, 3.05) is 31.6 Å². The summed E-state index contributed by atoms with van der Waals surface area (Å²) in [6.45, 7) is 4.55. The predicted molar refractivity (Wildman–Crippen MR) is 101 cm³/mol. The second kappa shape index (κ2) is 6.62. The monoisotopic (exact) mass is 351 g/mol. The van der Waals surface area contributed by atoms with E-state index in [1.807, 2.05) is 35.4 Å². The van der Waals surface area contributed by atoms with Crippen LogP contribution in [0.25, 0.3) is 16.7 Å². The van der Waals surface area contributed by atoms with Gasteiger partial charge < -0.3 is 14.8 Å². The minimum absolute atomic E-state index is 0.182. The number of fused-ring (bicyclic) bond motifs is 3. The summed E-state index contributed by atoms with van der Waals surface area (Å²) in [5, 5.41) is 0. The number of likely N-dealkylation sites (N-methyl/N-ethyl adjacent to an activating group) is 1. The average Bonchev–Trinajstić information content (AvgIpc) is 3.12. The van der Waals surface area contributed by atoms with E-state index in [0.717, 1.165) is 31.9 Å². The number of hydrogen-bond donors (Lipinski definition) is 1. The van der Waals surface area contributed by atoms with Crippen molar-refractivity contribution in [3.8, 4) is 0 Å². The molecule has 134 valence electrons. The Morgan fingerprint density at radius 2 is 2.15 bits per heavy atom. The van der Waals surface area contributed by atoms with Gasteiger partial charge in [-0.15, -0.1) is 0 Å². The molecule has 4 rings (SSSR count). The molecule has 8 heteroatoms. The number of aryl methyl sites for hydroxylation is 1. The molecular weight excluding hydrogens is 330 g/mol. The lowest BCUT2D eigenvalue weighted by Crippen LogP contribution is -2.31. The Bertz CT molecular complexity index is 1060. The van der Waals surface area contributed by atoms with Crippen LogP contribution in [0.2, 0.25) is 0 Å². The fourth-order valence-electron chi connectivity index (χ4n) is 3.21. The molecule has 0 atom stereocenters. The molecule has 0 aliphatic carbocycles. The Kier molecular flexibility index (Phi) is 4.16. The number of hydrogen-bond acceptors (Lipinski definition) is 6. The first kappa shape index (κ1) is 16.3. The first-order valence-electron chi connectivity index (χ1n) is 8.71. The highest BCUT2D eigenvalue weighted by atomic mass is 16.1. The zero-order chi connectivity index (χ0) is 18.1. The van der Waals surface area contributed by atoms with Gasteiger partial charge in [0, 0.05) is 33.1 Å². The molecule has 1 aliphatic rings. The van der Waals surface area contributed by atoms with E-state index in [2.05, 4.69) is 37.1 Å². The molecule has 3 aromatic rings. The Morgan fingerprint density at radius 1 is 1.27 bits per heavy atom. The molecular formula is C18H21N7O. The molecule has 0 fully saturated rings. The van der Waals surface area contributed by atoms with Gasteiger partial charge in [-0.25, -0.2) is 15.0 Å². The maximum absolute atomic E-state index is 12.5. The normalized spacial score (nSPS) is 13.8. The van der Waals surface area contributed by atoms with Gasteiger partial charge in [0.2, 0.25) is 0 Å². The van der Waals surface area contributed by atoms with Crippen LogP contribution in [-0.4, -0.2) is 55.9 Å². The number of H-pyrrole nitrogens is 1. The van der Waals surface area contributed by atoms with Crippen LogP contribution in [0.5, 0.6) is 0 Å². The minimum Gasteiger partial charge on any atom is -0.372 e. The van der Waals surface area contributed by atoms with Crippen LogP contribution in [-0.2, 0) is 6.42 Å². The zero-order valence-corrected chi connectivity index (χ0v) is 14.9. The summed E-state index contributed by atoms with van der Waals surface area (Å²) in [6, 6.07) is 0. The Labute approximate surface area is 150 Å². The summed E-state index contributed by atoms with van der Waals surface area (Å²) in [7, 11) is 1.97. The summed E-state index contributed by atoms with van der Waals surface area (Å²) in [5.74, 6) is 1.52. The van der Waals surface area contributed by atoms with E-state index in [1.54, 1.807) is 6.20 Å². The quantitative estimate of drug-likeness (QED) is 0.747. The van der Waals surface area contributed by atoms with Crippen molar-refractivity contribution in [3.05, 3.63) is 53.1 Å². The predicted octanol–water partition coefficient (Wildman–Crippen LogP) is 1.35. The van der Waals surface area contributed by atoms with Gasteiger partial charge in [-0.2, -0.15) is 0 Å². The topological polar surface area (TPSA) is 82.4 Å². The lowest BCUT2D eigenvalue weighted by molar-refractivity contribution is 0.418. The van der Waals surface area contributed by atoms with E-state index in [0.29, 0.717) is 22.5 Å². The van der Waals surface area contributed by atoms with Crippen molar-refractivity contribution in [3.63, 3.8) is 0 Å². The van der Waals surface area contributed by atoms with Crippen LogP contribution in [0.4, 0.5) is 5.82 Å². The molecule has 8 nitrogen and oxygen atoms in total. The van der Waals surface area contributed by atoms with Crippen molar-refractivity contribution in [1.82, 2.24) is 29.2 Å². The molecule has 0 amide bonds. The molecule has 0 radical (unpaired) electrons. The fourth-order valence-corrected chi connectivity index (χ4v) is 3.21. The van der Waals surface area contributed by atoms with Gasteiger partial charge in [-0.05, 0) is 12.3 Å². The molecule has 0 saturated carbocycles. The van der Waals surface area contributed by atoms with Crippen molar-refractivity contribution in [2.45, 2.75) is 13.3 Å². The van der Waals surface area contributed by atoms with Gasteiger partial charge in [-0.1, -0.05) is 19.1 Å². The Hall–Kier alpha value is -3.16. The maximum Gasteiger partial charge on any atom is 0.274 e. The molecule has 0 unspecified atom stereocenters. The second-order valence-corrected chi connectivity index (χ2v) is 6.28. The van der Waals surface area contributed by atoms with E-state index >= 15 is 0 Å². The summed E-state index contributed by atoms with van der Waals surface area (Å²) in [5.41, 5.74) is 1.63.